The molecule has 0 aliphatic carbocycles. The van der Waals surface area contributed by atoms with Crippen LogP contribution in [0.15, 0.2) is 71.1 Å². The Morgan fingerprint density at radius 2 is 1.95 bits per heavy atom. The van der Waals surface area contributed by atoms with E-state index < -0.39 is 6.10 Å². The third-order valence-electron chi connectivity index (χ3n) is 6.01. The monoisotopic (exact) mass is 552 g/mol. The molecule has 0 saturated carbocycles. The van der Waals surface area contributed by atoms with Crippen LogP contribution in [0.4, 0.5) is 5.69 Å². The highest BCUT2D eigenvalue weighted by atomic mass is 35.5. The van der Waals surface area contributed by atoms with Gasteiger partial charge in [0.1, 0.15) is 11.4 Å². The molecule has 0 aliphatic rings. The Morgan fingerprint density at radius 1 is 1.21 bits per heavy atom. The summed E-state index contributed by atoms with van der Waals surface area (Å²) < 4.78 is 11.2. The maximum Gasteiger partial charge on any atom is 0.295 e. The van der Waals surface area contributed by atoms with Crippen LogP contribution in [0.1, 0.15) is 30.1 Å². The number of thioether (sulfide) groups is 1. The SMILES string of the molecule is C=CCn1c(SCC(=O)Nc2c(C)n(C)n(-c3ccccc3)c2=O)nnc1C(C)Oc1ccc(Cl)c(C)c1. The Balaban J connectivity index is 1.47. The van der Waals surface area contributed by atoms with Gasteiger partial charge in [0.05, 0.1) is 17.1 Å². The molecule has 0 fully saturated rings. The zero-order valence-electron chi connectivity index (χ0n) is 21.6. The van der Waals surface area contributed by atoms with E-state index in [2.05, 4.69) is 22.1 Å². The van der Waals surface area contributed by atoms with Crippen molar-refractivity contribution in [2.24, 2.45) is 7.05 Å². The van der Waals surface area contributed by atoms with Crippen LogP contribution in [0.25, 0.3) is 5.69 Å². The number of benzene rings is 2. The van der Waals surface area contributed by atoms with E-state index in [0.717, 1.165) is 5.56 Å². The molecule has 0 bridgehead atoms. The van der Waals surface area contributed by atoms with Crippen molar-refractivity contribution in [2.75, 3.05) is 11.1 Å². The second-order valence-corrected chi connectivity index (χ2v) is 10.0. The maximum absolute atomic E-state index is 13.1. The van der Waals surface area contributed by atoms with Crippen LogP contribution in [0.5, 0.6) is 5.75 Å². The Bertz CT molecular complexity index is 1530. The van der Waals surface area contributed by atoms with Crippen molar-refractivity contribution in [3.05, 3.63) is 93.6 Å². The first-order valence-electron chi connectivity index (χ1n) is 11.9. The molecule has 2 aromatic carbocycles. The largest absolute Gasteiger partial charge is 0.483 e. The van der Waals surface area contributed by atoms with Crippen molar-refractivity contribution < 1.29 is 9.53 Å². The Labute approximate surface area is 230 Å². The number of hydrogen-bond acceptors (Lipinski definition) is 6. The van der Waals surface area contributed by atoms with Crippen molar-refractivity contribution in [1.82, 2.24) is 24.1 Å². The van der Waals surface area contributed by atoms with Gasteiger partial charge in [-0.15, -0.1) is 16.8 Å². The lowest BCUT2D eigenvalue weighted by atomic mass is 10.2. The van der Waals surface area contributed by atoms with Crippen LogP contribution >= 0.6 is 23.4 Å². The predicted molar refractivity (Wildman–Crippen MR) is 151 cm³/mol. The summed E-state index contributed by atoms with van der Waals surface area (Å²) in [5.74, 6) is 0.988. The van der Waals surface area contributed by atoms with Gasteiger partial charge < -0.3 is 10.1 Å². The lowest BCUT2D eigenvalue weighted by molar-refractivity contribution is -0.113. The Hall–Kier alpha value is -3.76. The molecule has 38 heavy (non-hydrogen) atoms. The molecule has 4 aromatic rings. The van der Waals surface area contributed by atoms with E-state index in [4.69, 9.17) is 16.3 Å². The zero-order chi connectivity index (χ0) is 27.4. The summed E-state index contributed by atoms with van der Waals surface area (Å²) >= 11 is 7.34. The first-order valence-corrected chi connectivity index (χ1v) is 13.3. The van der Waals surface area contributed by atoms with Gasteiger partial charge in [0, 0.05) is 18.6 Å². The van der Waals surface area contributed by atoms with Gasteiger partial charge >= 0.3 is 0 Å². The predicted octanol–water partition coefficient (Wildman–Crippen LogP) is 5.09. The standard InChI is InChI=1S/C27H29ClN6O3S/c1-6-14-33-25(19(4)37-21-12-13-22(28)17(2)15-21)30-31-27(33)38-16-23(35)29-24-18(3)32(5)34(26(24)36)20-10-8-7-9-11-20/h6-13,15,19H,1,14,16H2,2-5H3,(H,29,35). The molecule has 9 nitrogen and oxygen atoms in total. The van der Waals surface area contributed by atoms with Crippen LogP contribution < -0.4 is 15.6 Å². The van der Waals surface area contributed by atoms with Gasteiger partial charge in [0.15, 0.2) is 17.1 Å². The number of halogens is 1. The molecule has 0 spiro atoms. The minimum Gasteiger partial charge on any atom is -0.483 e. The molecule has 1 amide bonds. The molecule has 1 atom stereocenters. The summed E-state index contributed by atoms with van der Waals surface area (Å²) in [5.41, 5.74) is 2.23. The number of amides is 1. The number of anilines is 1. The number of aromatic nitrogens is 5. The van der Waals surface area contributed by atoms with Gasteiger partial charge in [-0.3, -0.25) is 18.8 Å². The van der Waals surface area contributed by atoms with Crippen LogP contribution in [0.3, 0.4) is 0 Å². The van der Waals surface area contributed by atoms with Crippen LogP contribution in [0, 0.1) is 13.8 Å². The van der Waals surface area contributed by atoms with E-state index in [1.54, 1.807) is 36.9 Å². The molecule has 0 saturated heterocycles. The first kappa shape index (κ1) is 27.3. The molecule has 1 unspecified atom stereocenters. The molecule has 2 heterocycles. The number of ether oxygens (including phenoxy) is 1. The molecule has 0 radical (unpaired) electrons. The van der Waals surface area contributed by atoms with Gasteiger partial charge in [-0.05, 0) is 56.7 Å². The Morgan fingerprint density at radius 3 is 2.63 bits per heavy atom. The lowest BCUT2D eigenvalue weighted by Crippen LogP contribution is -2.23. The van der Waals surface area contributed by atoms with Crippen molar-refractivity contribution in [3.63, 3.8) is 0 Å². The highest BCUT2D eigenvalue weighted by Gasteiger charge is 2.22. The lowest BCUT2D eigenvalue weighted by Gasteiger charge is -2.16. The third kappa shape index (κ3) is 5.71. The van der Waals surface area contributed by atoms with Crippen molar-refractivity contribution >= 4 is 35.0 Å². The number of rotatable bonds is 10. The molecule has 4 rings (SSSR count). The molecule has 198 valence electrons. The summed E-state index contributed by atoms with van der Waals surface area (Å²) in [6.07, 6.45) is 1.32. The summed E-state index contributed by atoms with van der Waals surface area (Å²) in [6, 6.07) is 14.7. The van der Waals surface area contributed by atoms with E-state index >= 15 is 0 Å². The summed E-state index contributed by atoms with van der Waals surface area (Å²) in [7, 11) is 1.78. The number of hydrogen-bond donors (Lipinski definition) is 1. The third-order valence-corrected chi connectivity index (χ3v) is 7.40. The van der Waals surface area contributed by atoms with Crippen molar-refractivity contribution in [2.45, 2.75) is 38.6 Å². The number of aryl methyl sites for hydroxylation is 1. The molecule has 11 heteroatoms. The number of nitrogens with zero attached hydrogens (tertiary/aromatic N) is 5. The summed E-state index contributed by atoms with van der Waals surface area (Å²) in [5, 5.41) is 12.6. The number of allylic oxidation sites excluding steroid dienone is 1. The van der Waals surface area contributed by atoms with E-state index in [0.29, 0.717) is 39.7 Å². The van der Waals surface area contributed by atoms with Crippen LogP contribution in [0.2, 0.25) is 5.02 Å². The molecule has 0 aliphatic heterocycles. The summed E-state index contributed by atoms with van der Waals surface area (Å²) in [4.78, 5) is 25.9. The van der Waals surface area contributed by atoms with Crippen LogP contribution in [-0.2, 0) is 18.4 Å². The maximum atomic E-state index is 13.1. The van der Waals surface area contributed by atoms with E-state index in [-0.39, 0.29) is 22.9 Å². The summed E-state index contributed by atoms with van der Waals surface area (Å²) in [6.45, 7) is 9.85. The second kappa shape index (κ2) is 11.7. The topological polar surface area (TPSA) is 96.0 Å². The minimum atomic E-state index is -0.408. The quantitative estimate of drug-likeness (QED) is 0.217. The van der Waals surface area contributed by atoms with Gasteiger partial charge in [-0.1, -0.05) is 47.6 Å². The fraction of sp³-hybridized carbons (Fsp3) is 0.259. The molecular weight excluding hydrogens is 524 g/mol. The minimum absolute atomic E-state index is 0.0417. The number of para-hydroxylation sites is 1. The van der Waals surface area contributed by atoms with E-state index in [1.807, 2.05) is 54.8 Å². The Kier molecular flexibility index (Phi) is 8.43. The first-order chi connectivity index (χ1) is 18.2. The van der Waals surface area contributed by atoms with Gasteiger partial charge in [0.25, 0.3) is 5.56 Å². The fourth-order valence-electron chi connectivity index (χ4n) is 3.97. The van der Waals surface area contributed by atoms with Gasteiger partial charge in [-0.25, -0.2) is 4.68 Å². The highest BCUT2D eigenvalue weighted by Crippen LogP contribution is 2.27. The van der Waals surface area contributed by atoms with Gasteiger partial charge in [-0.2, -0.15) is 0 Å². The number of carbonyl (C=O) groups is 1. The average molecular weight is 553 g/mol. The van der Waals surface area contributed by atoms with Crippen molar-refractivity contribution in [1.29, 1.82) is 0 Å². The van der Waals surface area contributed by atoms with Crippen LogP contribution in [-0.4, -0.2) is 35.8 Å². The highest BCUT2D eigenvalue weighted by molar-refractivity contribution is 7.99. The van der Waals surface area contributed by atoms with Crippen molar-refractivity contribution in [3.8, 4) is 11.4 Å². The number of nitrogens with one attached hydrogen (secondary N) is 1. The molecule has 1 N–H and O–H groups in total. The fourth-order valence-corrected chi connectivity index (χ4v) is 4.85. The van der Waals surface area contributed by atoms with E-state index in [9.17, 15) is 9.59 Å². The van der Waals surface area contributed by atoms with Gasteiger partial charge in [0.2, 0.25) is 5.91 Å². The smallest absolute Gasteiger partial charge is 0.295 e. The normalized spacial score (nSPS) is 11.8. The van der Waals surface area contributed by atoms with E-state index in [1.165, 1.54) is 16.4 Å². The average Bonchev–Trinajstić information content (AvgIpc) is 3.39. The molecule has 2 aromatic heterocycles. The second-order valence-electron chi connectivity index (χ2n) is 8.68. The zero-order valence-corrected chi connectivity index (χ0v) is 23.2. The molecular formula is C27H29ClN6O3S. The number of carbonyl (C=O) groups excluding carboxylic acids is 1.